The molecule has 1 amide bonds. The number of nitrogens with zero attached hydrogens (tertiary/aromatic N) is 1. The Morgan fingerprint density at radius 2 is 2.14 bits per heavy atom. The molecule has 1 aliphatic rings. The standard InChI is InChI=1S/C17H21BrN2O/c1-2-3-4-8-13-9-7-12-16(13)19-20-17(21)14-10-5-6-11-15(14)18/h5-6,9-11H,2-4,7-8,12H2,1H3,(H,20,21). The molecule has 0 heterocycles. The Morgan fingerprint density at radius 1 is 1.33 bits per heavy atom. The molecule has 0 bridgehead atoms. The van der Waals surface area contributed by atoms with Crippen molar-refractivity contribution in [2.24, 2.45) is 5.10 Å². The minimum Gasteiger partial charge on any atom is -0.267 e. The predicted octanol–water partition coefficient (Wildman–Crippen LogP) is 4.84. The lowest BCUT2D eigenvalue weighted by molar-refractivity contribution is 0.0954. The second-order valence-corrected chi connectivity index (χ2v) is 6.06. The van der Waals surface area contributed by atoms with Gasteiger partial charge in [0.15, 0.2) is 0 Å². The molecule has 0 spiro atoms. The quantitative estimate of drug-likeness (QED) is 0.580. The Bertz CT molecular complexity index is 564. The zero-order valence-electron chi connectivity index (χ0n) is 12.4. The minimum absolute atomic E-state index is 0.171. The number of halogens is 1. The number of benzene rings is 1. The van der Waals surface area contributed by atoms with Gasteiger partial charge in [-0.1, -0.05) is 38.0 Å². The number of carbonyl (C=O) groups excluding carboxylic acids is 1. The fourth-order valence-electron chi connectivity index (χ4n) is 2.42. The number of nitrogens with one attached hydrogen (secondary N) is 1. The SMILES string of the molecule is CCCCCC1=CCCC1=NNC(=O)c1ccccc1Br. The van der Waals surface area contributed by atoms with Gasteiger partial charge in [-0.25, -0.2) is 5.43 Å². The van der Waals surface area contributed by atoms with Crippen molar-refractivity contribution in [1.82, 2.24) is 5.43 Å². The van der Waals surface area contributed by atoms with Gasteiger partial charge in [-0.3, -0.25) is 4.79 Å². The highest BCUT2D eigenvalue weighted by molar-refractivity contribution is 9.10. The Balaban J connectivity index is 1.96. The molecule has 112 valence electrons. The number of hydrogen-bond donors (Lipinski definition) is 1. The number of allylic oxidation sites excluding steroid dienone is 2. The molecule has 1 N–H and O–H groups in total. The third-order valence-electron chi connectivity index (χ3n) is 3.60. The predicted molar refractivity (Wildman–Crippen MR) is 90.5 cm³/mol. The second-order valence-electron chi connectivity index (χ2n) is 5.20. The van der Waals surface area contributed by atoms with Gasteiger partial charge in [0.25, 0.3) is 5.91 Å². The van der Waals surface area contributed by atoms with Crippen molar-refractivity contribution in [3.63, 3.8) is 0 Å². The smallest absolute Gasteiger partial charge is 0.267 e. The summed E-state index contributed by atoms with van der Waals surface area (Å²) in [6.45, 7) is 2.20. The molecular weight excluding hydrogens is 328 g/mol. The average Bonchev–Trinajstić information content (AvgIpc) is 2.93. The van der Waals surface area contributed by atoms with E-state index in [4.69, 9.17) is 0 Å². The van der Waals surface area contributed by atoms with Crippen LogP contribution in [0.15, 0.2) is 45.5 Å². The van der Waals surface area contributed by atoms with Gasteiger partial charge < -0.3 is 0 Å². The summed E-state index contributed by atoms with van der Waals surface area (Å²) in [6.07, 6.45) is 8.94. The van der Waals surface area contributed by atoms with Gasteiger partial charge >= 0.3 is 0 Å². The summed E-state index contributed by atoms with van der Waals surface area (Å²) in [7, 11) is 0. The molecule has 3 nitrogen and oxygen atoms in total. The monoisotopic (exact) mass is 348 g/mol. The van der Waals surface area contributed by atoms with E-state index in [1.165, 1.54) is 24.8 Å². The Kier molecular flexibility index (Phi) is 6.18. The molecular formula is C17H21BrN2O. The van der Waals surface area contributed by atoms with Gasteiger partial charge in [-0.2, -0.15) is 5.10 Å². The Hall–Kier alpha value is -1.42. The van der Waals surface area contributed by atoms with Crippen molar-refractivity contribution in [1.29, 1.82) is 0 Å². The molecule has 2 rings (SSSR count). The Labute approximate surface area is 134 Å². The average molecular weight is 349 g/mol. The molecule has 1 aromatic carbocycles. The largest absolute Gasteiger partial charge is 0.272 e. The number of hydrazone groups is 1. The number of hydrogen-bond acceptors (Lipinski definition) is 2. The van der Waals surface area contributed by atoms with Crippen LogP contribution in [-0.4, -0.2) is 11.6 Å². The second kappa shape index (κ2) is 8.13. The molecule has 0 atom stereocenters. The maximum absolute atomic E-state index is 12.1. The molecule has 1 aromatic rings. The first-order chi connectivity index (χ1) is 10.2. The van der Waals surface area contributed by atoms with E-state index in [1.807, 2.05) is 18.2 Å². The zero-order chi connectivity index (χ0) is 15.1. The molecule has 0 aromatic heterocycles. The van der Waals surface area contributed by atoms with Gasteiger partial charge in [-0.15, -0.1) is 0 Å². The summed E-state index contributed by atoms with van der Waals surface area (Å²) < 4.78 is 0.785. The van der Waals surface area contributed by atoms with Crippen LogP contribution in [0, 0.1) is 0 Å². The number of unbranched alkanes of at least 4 members (excludes halogenated alkanes) is 2. The number of amides is 1. The van der Waals surface area contributed by atoms with Crippen molar-refractivity contribution in [3.8, 4) is 0 Å². The summed E-state index contributed by atoms with van der Waals surface area (Å²) in [4.78, 5) is 12.1. The zero-order valence-corrected chi connectivity index (χ0v) is 13.9. The van der Waals surface area contributed by atoms with E-state index in [1.54, 1.807) is 6.07 Å². The Morgan fingerprint density at radius 3 is 2.90 bits per heavy atom. The molecule has 0 aliphatic heterocycles. The first kappa shape index (κ1) is 16.0. The molecule has 21 heavy (non-hydrogen) atoms. The summed E-state index contributed by atoms with van der Waals surface area (Å²) in [5.41, 5.74) is 5.62. The van der Waals surface area contributed by atoms with Crippen molar-refractivity contribution < 1.29 is 4.79 Å². The van der Waals surface area contributed by atoms with Crippen LogP contribution in [-0.2, 0) is 0 Å². The molecule has 4 heteroatoms. The van der Waals surface area contributed by atoms with Crippen LogP contribution in [0.5, 0.6) is 0 Å². The summed E-state index contributed by atoms with van der Waals surface area (Å²) in [5.74, 6) is -0.171. The van der Waals surface area contributed by atoms with E-state index in [-0.39, 0.29) is 5.91 Å². The van der Waals surface area contributed by atoms with Crippen LogP contribution < -0.4 is 5.43 Å². The van der Waals surface area contributed by atoms with Crippen molar-refractivity contribution in [2.45, 2.75) is 45.4 Å². The topological polar surface area (TPSA) is 41.5 Å². The first-order valence-electron chi connectivity index (χ1n) is 7.53. The normalized spacial score (nSPS) is 16.1. The maximum Gasteiger partial charge on any atom is 0.272 e. The molecule has 0 saturated heterocycles. The van der Waals surface area contributed by atoms with Crippen LogP contribution in [0.1, 0.15) is 55.8 Å². The van der Waals surface area contributed by atoms with E-state index < -0.39 is 0 Å². The van der Waals surface area contributed by atoms with E-state index in [9.17, 15) is 4.79 Å². The van der Waals surface area contributed by atoms with Crippen LogP contribution >= 0.6 is 15.9 Å². The van der Waals surface area contributed by atoms with E-state index in [0.29, 0.717) is 5.56 Å². The lowest BCUT2D eigenvalue weighted by atomic mass is 10.1. The van der Waals surface area contributed by atoms with Crippen molar-refractivity contribution in [3.05, 3.63) is 46.0 Å². The van der Waals surface area contributed by atoms with Gasteiger partial charge in [0.05, 0.1) is 11.3 Å². The number of rotatable bonds is 6. The van der Waals surface area contributed by atoms with Crippen LogP contribution in [0.4, 0.5) is 0 Å². The van der Waals surface area contributed by atoms with Crippen molar-refractivity contribution >= 4 is 27.5 Å². The highest BCUT2D eigenvalue weighted by Crippen LogP contribution is 2.21. The maximum atomic E-state index is 12.1. The first-order valence-corrected chi connectivity index (χ1v) is 8.32. The van der Waals surface area contributed by atoms with E-state index >= 15 is 0 Å². The van der Waals surface area contributed by atoms with Crippen LogP contribution in [0.3, 0.4) is 0 Å². The van der Waals surface area contributed by atoms with Gasteiger partial charge in [0.1, 0.15) is 0 Å². The fraction of sp³-hybridized carbons (Fsp3) is 0.412. The molecule has 0 unspecified atom stereocenters. The van der Waals surface area contributed by atoms with E-state index in [2.05, 4.69) is 39.5 Å². The number of carbonyl (C=O) groups is 1. The van der Waals surface area contributed by atoms with Crippen LogP contribution in [0.2, 0.25) is 0 Å². The van der Waals surface area contributed by atoms with Gasteiger partial charge in [-0.05, 0) is 59.3 Å². The summed E-state index contributed by atoms with van der Waals surface area (Å²) in [5, 5.41) is 4.33. The lowest BCUT2D eigenvalue weighted by Crippen LogP contribution is -2.20. The third-order valence-corrected chi connectivity index (χ3v) is 4.29. The third kappa shape index (κ3) is 4.53. The highest BCUT2D eigenvalue weighted by Gasteiger charge is 2.14. The fourth-order valence-corrected chi connectivity index (χ4v) is 2.89. The van der Waals surface area contributed by atoms with Gasteiger partial charge in [0, 0.05) is 4.47 Å². The minimum atomic E-state index is -0.171. The molecule has 0 fully saturated rings. The highest BCUT2D eigenvalue weighted by atomic mass is 79.9. The summed E-state index contributed by atoms with van der Waals surface area (Å²) >= 11 is 3.38. The van der Waals surface area contributed by atoms with Crippen LogP contribution in [0.25, 0.3) is 0 Å². The lowest BCUT2D eigenvalue weighted by Gasteiger charge is -2.06. The molecule has 0 saturated carbocycles. The molecule has 1 aliphatic carbocycles. The summed E-state index contributed by atoms with van der Waals surface area (Å²) in [6, 6.07) is 7.37. The van der Waals surface area contributed by atoms with Gasteiger partial charge in [0.2, 0.25) is 0 Å². The van der Waals surface area contributed by atoms with Crippen molar-refractivity contribution in [2.75, 3.05) is 0 Å². The van der Waals surface area contributed by atoms with E-state index in [0.717, 1.165) is 29.4 Å². The molecule has 0 radical (unpaired) electrons.